The van der Waals surface area contributed by atoms with Gasteiger partial charge in [-0.15, -0.1) is 0 Å². The van der Waals surface area contributed by atoms with Crippen LogP contribution in [0.2, 0.25) is 0 Å². The second-order valence-electron chi connectivity index (χ2n) is 7.10. The van der Waals surface area contributed by atoms with E-state index in [9.17, 15) is 14.9 Å². The van der Waals surface area contributed by atoms with Gasteiger partial charge in [-0.25, -0.2) is 0 Å². The molecular formula is C19H26N4O3. The van der Waals surface area contributed by atoms with Gasteiger partial charge in [-0.3, -0.25) is 19.6 Å². The second-order valence-corrected chi connectivity index (χ2v) is 7.10. The summed E-state index contributed by atoms with van der Waals surface area (Å²) in [6.07, 6.45) is 0. The van der Waals surface area contributed by atoms with E-state index in [1.54, 1.807) is 13.8 Å². The first-order valence-corrected chi connectivity index (χ1v) is 8.74. The van der Waals surface area contributed by atoms with Gasteiger partial charge in [-0.05, 0) is 36.8 Å². The van der Waals surface area contributed by atoms with Crippen molar-refractivity contribution in [3.63, 3.8) is 0 Å². The molecule has 0 saturated heterocycles. The lowest BCUT2D eigenvalue weighted by Gasteiger charge is -2.20. The first-order valence-electron chi connectivity index (χ1n) is 8.74. The van der Waals surface area contributed by atoms with E-state index in [0.29, 0.717) is 11.4 Å². The summed E-state index contributed by atoms with van der Waals surface area (Å²) in [5.41, 5.74) is 3.63. The minimum absolute atomic E-state index is 0.0387. The number of aromatic nitrogens is 2. The Hall–Kier alpha value is -2.70. The fraction of sp³-hybridized carbons (Fsp3) is 0.474. The monoisotopic (exact) mass is 358 g/mol. The van der Waals surface area contributed by atoms with Gasteiger partial charge in [-0.2, -0.15) is 5.10 Å². The van der Waals surface area contributed by atoms with E-state index in [1.165, 1.54) is 4.68 Å². The van der Waals surface area contributed by atoms with E-state index in [4.69, 9.17) is 0 Å². The number of carbonyl (C=O) groups excluding carboxylic acids is 1. The number of nitrogens with one attached hydrogen (secondary N) is 1. The van der Waals surface area contributed by atoms with Gasteiger partial charge in [-0.1, -0.05) is 45.9 Å². The van der Waals surface area contributed by atoms with Gasteiger partial charge in [0, 0.05) is 5.69 Å². The molecule has 0 unspecified atom stereocenters. The van der Waals surface area contributed by atoms with E-state index in [1.807, 2.05) is 18.2 Å². The normalized spacial score (nSPS) is 11.2. The molecule has 1 N–H and O–H groups in total. The molecule has 0 aliphatic rings. The minimum Gasteiger partial charge on any atom is -0.324 e. The van der Waals surface area contributed by atoms with Crippen LogP contribution in [0.5, 0.6) is 0 Å². The zero-order valence-corrected chi connectivity index (χ0v) is 16.2. The molecule has 0 spiro atoms. The molecule has 0 atom stereocenters. The van der Waals surface area contributed by atoms with Crippen molar-refractivity contribution in [1.82, 2.24) is 9.78 Å². The van der Waals surface area contributed by atoms with Gasteiger partial charge in [0.25, 0.3) is 0 Å². The van der Waals surface area contributed by atoms with Crippen LogP contribution in [0.25, 0.3) is 0 Å². The molecule has 1 aromatic heterocycles. The molecule has 0 radical (unpaired) electrons. The predicted molar refractivity (Wildman–Crippen MR) is 102 cm³/mol. The highest BCUT2D eigenvalue weighted by Crippen LogP contribution is 2.32. The van der Waals surface area contributed by atoms with E-state index in [2.05, 4.69) is 38.1 Å². The lowest BCUT2D eigenvalue weighted by Crippen LogP contribution is -2.22. The number of nitrogens with zero attached hydrogens (tertiary/aromatic N) is 3. The van der Waals surface area contributed by atoms with Crippen LogP contribution in [0.1, 0.15) is 62.0 Å². The van der Waals surface area contributed by atoms with E-state index in [0.717, 1.165) is 16.8 Å². The van der Waals surface area contributed by atoms with Crippen molar-refractivity contribution in [2.24, 2.45) is 0 Å². The van der Waals surface area contributed by atoms with Gasteiger partial charge in [0.2, 0.25) is 5.91 Å². The average molecular weight is 358 g/mol. The number of anilines is 1. The first kappa shape index (κ1) is 19.6. The Morgan fingerprint density at radius 3 is 2.15 bits per heavy atom. The topological polar surface area (TPSA) is 90.1 Å². The lowest BCUT2D eigenvalue weighted by atomic mass is 9.92. The Morgan fingerprint density at radius 1 is 1.19 bits per heavy atom. The molecule has 0 aliphatic carbocycles. The molecule has 140 valence electrons. The summed E-state index contributed by atoms with van der Waals surface area (Å²) in [6, 6.07) is 6.03. The predicted octanol–water partition coefficient (Wildman–Crippen LogP) is 4.29. The zero-order chi connectivity index (χ0) is 19.6. The first-order chi connectivity index (χ1) is 12.1. The summed E-state index contributed by atoms with van der Waals surface area (Å²) in [5, 5.41) is 18.3. The molecule has 0 saturated carbocycles. The van der Waals surface area contributed by atoms with Crippen LogP contribution in [-0.2, 0) is 11.3 Å². The second kappa shape index (κ2) is 7.68. The van der Waals surface area contributed by atoms with Gasteiger partial charge >= 0.3 is 5.69 Å². The summed E-state index contributed by atoms with van der Waals surface area (Å²) in [6.45, 7) is 11.4. The number of amides is 1. The SMILES string of the molecule is Cc1nn(CC(=O)Nc2c(C(C)C)cccc2C(C)C)c(C)c1[N+](=O)[O-]. The van der Waals surface area contributed by atoms with Crippen molar-refractivity contribution in [1.29, 1.82) is 0 Å². The molecule has 7 nitrogen and oxygen atoms in total. The van der Waals surface area contributed by atoms with Crippen molar-refractivity contribution < 1.29 is 9.72 Å². The maximum atomic E-state index is 12.6. The van der Waals surface area contributed by atoms with E-state index in [-0.39, 0.29) is 30.0 Å². The van der Waals surface area contributed by atoms with Crippen LogP contribution in [0.4, 0.5) is 11.4 Å². The third-order valence-corrected chi connectivity index (χ3v) is 4.46. The number of aryl methyl sites for hydroxylation is 1. The zero-order valence-electron chi connectivity index (χ0n) is 16.2. The van der Waals surface area contributed by atoms with Crippen LogP contribution in [0, 0.1) is 24.0 Å². The molecule has 0 fully saturated rings. The molecule has 1 aromatic carbocycles. The number of hydrogen-bond donors (Lipinski definition) is 1. The van der Waals surface area contributed by atoms with Crippen LogP contribution in [0.3, 0.4) is 0 Å². The standard InChI is InChI=1S/C19H26N4O3/c1-11(2)15-8-7-9-16(12(3)4)18(15)20-17(24)10-22-14(6)19(23(25)26)13(5)21-22/h7-9,11-12H,10H2,1-6H3,(H,20,24). The molecule has 0 bridgehead atoms. The molecular weight excluding hydrogens is 332 g/mol. The lowest BCUT2D eigenvalue weighted by molar-refractivity contribution is -0.386. The van der Waals surface area contributed by atoms with Crippen LogP contribution in [0.15, 0.2) is 18.2 Å². The highest BCUT2D eigenvalue weighted by atomic mass is 16.6. The summed E-state index contributed by atoms with van der Waals surface area (Å²) in [5.74, 6) is 0.276. The fourth-order valence-corrected chi connectivity index (χ4v) is 3.12. The van der Waals surface area contributed by atoms with Crippen molar-refractivity contribution in [3.8, 4) is 0 Å². The average Bonchev–Trinajstić information content (AvgIpc) is 2.80. The van der Waals surface area contributed by atoms with E-state index >= 15 is 0 Å². The summed E-state index contributed by atoms with van der Waals surface area (Å²) >= 11 is 0. The quantitative estimate of drug-likeness (QED) is 0.616. The molecule has 2 rings (SSSR count). The number of benzene rings is 1. The Balaban J connectivity index is 2.32. The Labute approximate surface area is 153 Å². The summed E-state index contributed by atoms with van der Waals surface area (Å²) in [7, 11) is 0. The molecule has 26 heavy (non-hydrogen) atoms. The van der Waals surface area contributed by atoms with Gasteiger partial charge in [0.05, 0.1) is 4.92 Å². The Bertz CT molecular complexity index is 811. The third-order valence-electron chi connectivity index (χ3n) is 4.46. The number of rotatable bonds is 6. The molecule has 7 heteroatoms. The maximum Gasteiger partial charge on any atom is 0.312 e. The van der Waals surface area contributed by atoms with Gasteiger partial charge in [0.15, 0.2) is 0 Å². The van der Waals surface area contributed by atoms with Crippen molar-refractivity contribution in [2.75, 3.05) is 5.32 Å². The van der Waals surface area contributed by atoms with Crippen molar-refractivity contribution in [2.45, 2.75) is 59.9 Å². The minimum atomic E-state index is -0.461. The molecule has 2 aromatic rings. The number of carbonyl (C=O) groups is 1. The number of nitro groups is 1. The van der Waals surface area contributed by atoms with Crippen molar-refractivity contribution in [3.05, 3.63) is 50.8 Å². The Morgan fingerprint density at radius 2 is 1.73 bits per heavy atom. The van der Waals surface area contributed by atoms with Crippen LogP contribution in [-0.4, -0.2) is 20.6 Å². The van der Waals surface area contributed by atoms with Crippen LogP contribution >= 0.6 is 0 Å². The van der Waals surface area contributed by atoms with E-state index < -0.39 is 4.92 Å². The van der Waals surface area contributed by atoms with Crippen molar-refractivity contribution >= 4 is 17.3 Å². The van der Waals surface area contributed by atoms with Gasteiger partial charge < -0.3 is 5.32 Å². The summed E-state index contributed by atoms with van der Waals surface area (Å²) < 4.78 is 1.38. The molecule has 1 heterocycles. The van der Waals surface area contributed by atoms with Gasteiger partial charge in [0.1, 0.15) is 17.9 Å². The van der Waals surface area contributed by atoms with Crippen LogP contribution < -0.4 is 5.32 Å². The number of hydrogen-bond acceptors (Lipinski definition) is 4. The molecule has 1 amide bonds. The Kier molecular flexibility index (Phi) is 5.79. The largest absolute Gasteiger partial charge is 0.324 e. The smallest absolute Gasteiger partial charge is 0.312 e. The highest BCUT2D eigenvalue weighted by molar-refractivity contribution is 5.92. The summed E-state index contributed by atoms with van der Waals surface area (Å²) in [4.78, 5) is 23.3. The maximum absolute atomic E-state index is 12.6. The number of para-hydroxylation sites is 1. The highest BCUT2D eigenvalue weighted by Gasteiger charge is 2.23. The molecule has 0 aliphatic heterocycles. The fourth-order valence-electron chi connectivity index (χ4n) is 3.12. The third kappa shape index (κ3) is 3.92.